The highest BCUT2D eigenvalue weighted by molar-refractivity contribution is 9.10. The quantitative estimate of drug-likeness (QED) is 0.880. The number of rotatable bonds is 4. The SMILES string of the molecule is COc1ccc(S(=O)(=O)Nc2ccc(Cl)cc2)cc1Br. The molecule has 0 spiro atoms. The van der Waals surface area contributed by atoms with Crippen LogP contribution in [0.2, 0.25) is 5.02 Å². The van der Waals surface area contributed by atoms with E-state index in [1.807, 2.05) is 0 Å². The molecule has 0 aliphatic carbocycles. The first-order chi connectivity index (χ1) is 9.42. The second-order valence-corrected chi connectivity index (χ2v) is 6.88. The Morgan fingerprint density at radius 3 is 2.35 bits per heavy atom. The lowest BCUT2D eigenvalue weighted by Crippen LogP contribution is -2.12. The summed E-state index contributed by atoms with van der Waals surface area (Å²) in [6, 6.07) is 11.0. The number of benzene rings is 2. The molecule has 0 amide bonds. The van der Waals surface area contributed by atoms with Crippen LogP contribution in [0.3, 0.4) is 0 Å². The Hall–Kier alpha value is -1.24. The summed E-state index contributed by atoms with van der Waals surface area (Å²) in [5.41, 5.74) is 0.446. The maximum absolute atomic E-state index is 12.2. The highest BCUT2D eigenvalue weighted by atomic mass is 79.9. The van der Waals surface area contributed by atoms with Gasteiger partial charge in [-0.15, -0.1) is 0 Å². The van der Waals surface area contributed by atoms with Gasteiger partial charge >= 0.3 is 0 Å². The minimum Gasteiger partial charge on any atom is -0.496 e. The normalized spacial score (nSPS) is 11.2. The van der Waals surface area contributed by atoms with Crippen LogP contribution in [0.5, 0.6) is 5.75 Å². The molecule has 106 valence electrons. The van der Waals surface area contributed by atoms with E-state index in [0.29, 0.717) is 20.9 Å². The fraction of sp³-hybridized carbons (Fsp3) is 0.0769. The minimum atomic E-state index is -3.65. The summed E-state index contributed by atoms with van der Waals surface area (Å²) in [4.78, 5) is 0.139. The van der Waals surface area contributed by atoms with Gasteiger partial charge in [-0.3, -0.25) is 4.72 Å². The van der Waals surface area contributed by atoms with Crippen molar-refractivity contribution in [3.63, 3.8) is 0 Å². The van der Waals surface area contributed by atoms with Crippen molar-refractivity contribution in [2.45, 2.75) is 4.90 Å². The molecule has 4 nitrogen and oxygen atoms in total. The van der Waals surface area contributed by atoms with Crippen LogP contribution < -0.4 is 9.46 Å². The lowest BCUT2D eigenvalue weighted by atomic mass is 10.3. The molecule has 0 heterocycles. The summed E-state index contributed by atoms with van der Waals surface area (Å²) in [7, 11) is -2.14. The summed E-state index contributed by atoms with van der Waals surface area (Å²) in [5.74, 6) is 0.565. The maximum Gasteiger partial charge on any atom is 0.261 e. The molecular formula is C13H11BrClNO3S. The Bertz CT molecular complexity index is 717. The van der Waals surface area contributed by atoms with Crippen LogP contribution in [0.25, 0.3) is 0 Å². The number of hydrogen-bond acceptors (Lipinski definition) is 3. The zero-order valence-corrected chi connectivity index (χ0v) is 13.6. The van der Waals surface area contributed by atoms with E-state index in [1.54, 1.807) is 30.3 Å². The Morgan fingerprint density at radius 2 is 1.80 bits per heavy atom. The Labute approximate surface area is 130 Å². The van der Waals surface area contributed by atoms with Gasteiger partial charge in [-0.25, -0.2) is 8.42 Å². The lowest BCUT2D eigenvalue weighted by Gasteiger charge is -2.10. The molecule has 2 aromatic carbocycles. The van der Waals surface area contributed by atoms with Crippen molar-refractivity contribution in [3.05, 3.63) is 52.0 Å². The van der Waals surface area contributed by atoms with E-state index < -0.39 is 10.0 Å². The van der Waals surface area contributed by atoms with Gasteiger partial charge in [0, 0.05) is 10.7 Å². The molecule has 0 unspecified atom stereocenters. The predicted molar refractivity (Wildman–Crippen MR) is 83.0 cm³/mol. The average Bonchev–Trinajstić information content (AvgIpc) is 2.41. The van der Waals surface area contributed by atoms with Crippen LogP contribution in [-0.2, 0) is 10.0 Å². The van der Waals surface area contributed by atoms with Gasteiger partial charge in [-0.1, -0.05) is 11.6 Å². The molecule has 0 atom stereocenters. The Kier molecular flexibility index (Phi) is 4.57. The minimum absolute atomic E-state index is 0.139. The Morgan fingerprint density at radius 1 is 1.15 bits per heavy atom. The zero-order chi connectivity index (χ0) is 14.8. The van der Waals surface area contributed by atoms with Crippen molar-refractivity contribution in [1.29, 1.82) is 0 Å². The number of sulfonamides is 1. The molecule has 7 heteroatoms. The molecular weight excluding hydrogens is 366 g/mol. The van der Waals surface area contributed by atoms with Crippen molar-refractivity contribution < 1.29 is 13.2 Å². The van der Waals surface area contributed by atoms with Gasteiger partial charge in [0.15, 0.2) is 0 Å². The highest BCUT2D eigenvalue weighted by Gasteiger charge is 2.16. The second-order valence-electron chi connectivity index (χ2n) is 3.91. The maximum atomic E-state index is 12.2. The molecule has 0 saturated carbocycles. The highest BCUT2D eigenvalue weighted by Crippen LogP contribution is 2.28. The van der Waals surface area contributed by atoms with E-state index in [1.165, 1.54) is 19.2 Å². The molecule has 20 heavy (non-hydrogen) atoms. The van der Waals surface area contributed by atoms with E-state index in [9.17, 15) is 8.42 Å². The lowest BCUT2D eigenvalue weighted by molar-refractivity contribution is 0.411. The van der Waals surface area contributed by atoms with Gasteiger partial charge in [0.2, 0.25) is 0 Å². The summed E-state index contributed by atoms with van der Waals surface area (Å²) in [5, 5.41) is 0.542. The van der Waals surface area contributed by atoms with E-state index in [-0.39, 0.29) is 4.90 Å². The fourth-order valence-corrected chi connectivity index (χ4v) is 3.45. The molecule has 0 aliphatic rings. The first-order valence-corrected chi connectivity index (χ1v) is 8.20. The zero-order valence-electron chi connectivity index (χ0n) is 10.4. The first kappa shape index (κ1) is 15.2. The predicted octanol–water partition coefficient (Wildman–Crippen LogP) is 3.91. The van der Waals surface area contributed by atoms with E-state index in [0.717, 1.165) is 0 Å². The van der Waals surface area contributed by atoms with Crippen molar-refractivity contribution in [3.8, 4) is 5.75 Å². The molecule has 1 N–H and O–H groups in total. The molecule has 0 aromatic heterocycles. The smallest absolute Gasteiger partial charge is 0.261 e. The number of methoxy groups -OCH3 is 1. The number of ether oxygens (including phenoxy) is 1. The number of nitrogens with one attached hydrogen (secondary N) is 1. The van der Waals surface area contributed by atoms with Gasteiger partial charge in [-0.05, 0) is 58.4 Å². The third kappa shape index (κ3) is 3.45. The van der Waals surface area contributed by atoms with Crippen molar-refractivity contribution in [2.75, 3.05) is 11.8 Å². The molecule has 0 saturated heterocycles. The molecule has 0 aliphatic heterocycles. The van der Waals surface area contributed by atoms with Crippen LogP contribution in [0.1, 0.15) is 0 Å². The third-order valence-corrected chi connectivity index (χ3v) is 4.78. The van der Waals surface area contributed by atoms with E-state index in [2.05, 4.69) is 20.7 Å². The summed E-state index contributed by atoms with van der Waals surface area (Å²) < 4.78 is 32.6. The number of hydrogen-bond donors (Lipinski definition) is 1. The molecule has 0 fully saturated rings. The molecule has 2 rings (SSSR count). The van der Waals surface area contributed by atoms with Gasteiger partial charge in [0.25, 0.3) is 10.0 Å². The number of anilines is 1. The monoisotopic (exact) mass is 375 g/mol. The van der Waals surface area contributed by atoms with Crippen LogP contribution in [0.15, 0.2) is 51.8 Å². The van der Waals surface area contributed by atoms with Gasteiger partial charge in [0.1, 0.15) is 5.75 Å². The largest absolute Gasteiger partial charge is 0.496 e. The Balaban J connectivity index is 2.30. The topological polar surface area (TPSA) is 55.4 Å². The van der Waals surface area contributed by atoms with Crippen LogP contribution in [0, 0.1) is 0 Å². The third-order valence-electron chi connectivity index (χ3n) is 2.53. The summed E-state index contributed by atoms with van der Waals surface area (Å²) in [6.07, 6.45) is 0. The van der Waals surface area contributed by atoms with E-state index >= 15 is 0 Å². The first-order valence-electron chi connectivity index (χ1n) is 5.54. The average molecular weight is 377 g/mol. The van der Waals surface area contributed by atoms with E-state index in [4.69, 9.17) is 16.3 Å². The number of halogens is 2. The van der Waals surface area contributed by atoms with Gasteiger partial charge < -0.3 is 4.74 Å². The fourth-order valence-electron chi connectivity index (χ4n) is 1.55. The molecule has 2 aromatic rings. The second kappa shape index (κ2) is 6.03. The molecule has 0 radical (unpaired) electrons. The summed E-state index contributed by atoms with van der Waals surface area (Å²) in [6.45, 7) is 0. The van der Waals surface area contributed by atoms with Crippen LogP contribution >= 0.6 is 27.5 Å². The van der Waals surface area contributed by atoms with Crippen LogP contribution in [0.4, 0.5) is 5.69 Å². The van der Waals surface area contributed by atoms with Crippen molar-refractivity contribution in [1.82, 2.24) is 0 Å². The van der Waals surface area contributed by atoms with Crippen molar-refractivity contribution >= 4 is 43.2 Å². The van der Waals surface area contributed by atoms with Crippen LogP contribution in [-0.4, -0.2) is 15.5 Å². The van der Waals surface area contributed by atoms with Gasteiger partial charge in [-0.2, -0.15) is 0 Å². The van der Waals surface area contributed by atoms with Gasteiger partial charge in [0.05, 0.1) is 16.5 Å². The standard InChI is InChI=1S/C13H11BrClNO3S/c1-19-13-7-6-11(8-12(13)14)20(17,18)16-10-4-2-9(15)3-5-10/h2-8,16H,1H3. The van der Waals surface area contributed by atoms with Crippen molar-refractivity contribution in [2.24, 2.45) is 0 Å². The molecule has 0 bridgehead atoms. The summed E-state index contributed by atoms with van der Waals surface area (Å²) >= 11 is 9.02.